The first-order valence-corrected chi connectivity index (χ1v) is 10.4. The minimum absolute atomic E-state index is 0.0630. The number of ether oxygens (including phenoxy) is 3. The van der Waals surface area contributed by atoms with E-state index in [0.29, 0.717) is 16.7 Å². The molecule has 2 fully saturated rings. The summed E-state index contributed by atoms with van der Waals surface area (Å²) in [5.41, 5.74) is 0.149. The van der Waals surface area contributed by atoms with Crippen LogP contribution in [0.4, 0.5) is 13.2 Å². The van der Waals surface area contributed by atoms with Gasteiger partial charge < -0.3 is 19.2 Å². The van der Waals surface area contributed by atoms with Crippen LogP contribution in [0.3, 0.4) is 0 Å². The highest BCUT2D eigenvalue weighted by atomic mass is 35.5. The predicted octanol–water partition coefficient (Wildman–Crippen LogP) is 3.86. The topological polar surface area (TPSA) is 95.7 Å². The zero-order valence-corrected chi connectivity index (χ0v) is 17.6. The van der Waals surface area contributed by atoms with Gasteiger partial charge in [0.15, 0.2) is 6.61 Å². The van der Waals surface area contributed by atoms with Crippen molar-refractivity contribution < 1.29 is 36.6 Å². The van der Waals surface area contributed by atoms with E-state index in [0.717, 1.165) is 25.7 Å². The van der Waals surface area contributed by atoms with E-state index in [4.69, 9.17) is 25.5 Å². The molecule has 1 spiro atoms. The number of hydrogen-bond acceptors (Lipinski definition) is 7. The van der Waals surface area contributed by atoms with Crippen molar-refractivity contribution in [1.29, 1.82) is 0 Å². The number of hydrogen-bond donors (Lipinski definition) is 1. The van der Waals surface area contributed by atoms with Gasteiger partial charge in [-0.25, -0.2) is 0 Å². The molecule has 0 radical (unpaired) electrons. The Hall–Kier alpha value is -2.53. The number of amides is 1. The summed E-state index contributed by atoms with van der Waals surface area (Å²) in [6.07, 6.45) is -1.46. The van der Waals surface area contributed by atoms with Gasteiger partial charge in [-0.3, -0.25) is 9.53 Å². The lowest BCUT2D eigenvalue weighted by Crippen LogP contribution is -2.56. The lowest BCUT2D eigenvalue weighted by Gasteiger charge is -2.56. The van der Waals surface area contributed by atoms with Gasteiger partial charge in [0.1, 0.15) is 12.4 Å². The monoisotopic (exact) mass is 475 g/mol. The van der Waals surface area contributed by atoms with Gasteiger partial charge in [-0.05, 0) is 55.4 Å². The van der Waals surface area contributed by atoms with Gasteiger partial charge in [0.05, 0.1) is 6.61 Å². The molecule has 0 bridgehead atoms. The van der Waals surface area contributed by atoms with Gasteiger partial charge in [0.25, 0.3) is 5.91 Å². The lowest BCUT2D eigenvalue weighted by molar-refractivity contribution is -0.325. The Bertz CT molecular complexity index is 923. The van der Waals surface area contributed by atoms with Crippen LogP contribution in [-0.2, 0) is 9.53 Å². The number of alkyl halides is 3. The molecule has 2 aliphatic carbocycles. The summed E-state index contributed by atoms with van der Waals surface area (Å²) in [6, 6.07) is 6.89. The maximum Gasteiger partial charge on any atom is 0.522 e. The van der Waals surface area contributed by atoms with E-state index in [1.165, 1.54) is 0 Å². The summed E-state index contributed by atoms with van der Waals surface area (Å²) >= 11 is 5.81. The Balaban J connectivity index is 1.12. The highest BCUT2D eigenvalue weighted by Crippen LogP contribution is 2.61. The van der Waals surface area contributed by atoms with Gasteiger partial charge in [-0.15, -0.1) is 18.3 Å². The highest BCUT2D eigenvalue weighted by molar-refractivity contribution is 6.30. The van der Waals surface area contributed by atoms with E-state index in [2.05, 4.69) is 20.3 Å². The molecule has 4 rings (SSSR count). The third-order valence-corrected chi connectivity index (χ3v) is 5.86. The lowest BCUT2D eigenvalue weighted by atomic mass is 9.50. The Labute approximate surface area is 186 Å². The number of rotatable bonds is 9. The van der Waals surface area contributed by atoms with Gasteiger partial charge in [0, 0.05) is 17.0 Å². The van der Waals surface area contributed by atoms with Crippen LogP contribution in [0, 0.1) is 5.41 Å². The molecule has 1 N–H and O–H groups in total. The Morgan fingerprint density at radius 2 is 1.84 bits per heavy atom. The SMILES string of the molecule is O=C(COc1ccc(Cl)cc1)NC1CC2(C1)CC(c1nnc(OCCOC(F)(F)F)o1)C2. The van der Waals surface area contributed by atoms with Crippen LogP contribution < -0.4 is 14.8 Å². The van der Waals surface area contributed by atoms with E-state index >= 15 is 0 Å². The first-order valence-electron chi connectivity index (χ1n) is 10.0. The maximum absolute atomic E-state index is 12.1. The average Bonchev–Trinajstić information content (AvgIpc) is 3.13. The van der Waals surface area contributed by atoms with E-state index in [1.54, 1.807) is 24.3 Å². The first-order chi connectivity index (χ1) is 15.2. The van der Waals surface area contributed by atoms with Crippen LogP contribution in [-0.4, -0.2) is 48.3 Å². The second kappa shape index (κ2) is 9.14. The molecule has 0 aliphatic heterocycles. The Morgan fingerprint density at radius 3 is 2.53 bits per heavy atom. The van der Waals surface area contributed by atoms with Gasteiger partial charge in [-0.2, -0.15) is 0 Å². The molecule has 1 amide bonds. The quantitative estimate of drug-likeness (QED) is 0.550. The van der Waals surface area contributed by atoms with Crippen molar-refractivity contribution in [3.05, 3.63) is 35.2 Å². The number of carbonyl (C=O) groups excluding carboxylic acids is 1. The van der Waals surface area contributed by atoms with Crippen LogP contribution in [0.1, 0.15) is 37.5 Å². The van der Waals surface area contributed by atoms with Gasteiger partial charge >= 0.3 is 12.4 Å². The van der Waals surface area contributed by atoms with E-state index in [-0.39, 0.29) is 42.6 Å². The molecule has 2 aromatic rings. The molecule has 1 heterocycles. The first kappa shape index (κ1) is 22.7. The number of aromatic nitrogens is 2. The van der Waals surface area contributed by atoms with Gasteiger partial charge in [-0.1, -0.05) is 16.7 Å². The van der Waals surface area contributed by atoms with Crippen molar-refractivity contribution in [3.63, 3.8) is 0 Å². The molecule has 8 nitrogen and oxygen atoms in total. The zero-order valence-electron chi connectivity index (χ0n) is 16.9. The van der Waals surface area contributed by atoms with Crippen molar-refractivity contribution in [3.8, 4) is 11.8 Å². The molecule has 1 aromatic carbocycles. The molecule has 1 aromatic heterocycles. The Morgan fingerprint density at radius 1 is 1.12 bits per heavy atom. The molecule has 0 saturated heterocycles. The molecule has 32 heavy (non-hydrogen) atoms. The zero-order chi connectivity index (χ0) is 22.8. The van der Waals surface area contributed by atoms with Crippen LogP contribution in [0.25, 0.3) is 0 Å². The van der Waals surface area contributed by atoms with Crippen molar-refractivity contribution in [2.24, 2.45) is 5.41 Å². The van der Waals surface area contributed by atoms with E-state index < -0.39 is 13.0 Å². The van der Waals surface area contributed by atoms with Crippen molar-refractivity contribution in [1.82, 2.24) is 15.5 Å². The molecule has 0 atom stereocenters. The molecular formula is C20H21ClF3N3O5. The van der Waals surface area contributed by atoms with Crippen LogP contribution in [0.5, 0.6) is 11.8 Å². The van der Waals surface area contributed by atoms with Crippen LogP contribution in [0.15, 0.2) is 28.7 Å². The van der Waals surface area contributed by atoms with E-state index in [9.17, 15) is 18.0 Å². The third-order valence-electron chi connectivity index (χ3n) is 5.61. The number of carbonyl (C=O) groups is 1. The average molecular weight is 476 g/mol. The maximum atomic E-state index is 12.1. The summed E-state index contributed by atoms with van der Waals surface area (Å²) in [4.78, 5) is 12.1. The summed E-state index contributed by atoms with van der Waals surface area (Å²) in [5.74, 6) is 0.887. The normalized spacial score (nSPS) is 24.5. The molecule has 174 valence electrons. The van der Waals surface area contributed by atoms with Crippen LogP contribution in [0.2, 0.25) is 5.02 Å². The summed E-state index contributed by atoms with van der Waals surface area (Å²) in [6.45, 7) is -1.07. The fourth-order valence-corrected chi connectivity index (χ4v) is 4.39. The smallest absolute Gasteiger partial charge is 0.484 e. The molecule has 2 saturated carbocycles. The van der Waals surface area contributed by atoms with E-state index in [1.807, 2.05) is 0 Å². The largest absolute Gasteiger partial charge is 0.522 e. The van der Waals surface area contributed by atoms with Crippen molar-refractivity contribution >= 4 is 17.5 Å². The molecule has 12 heteroatoms. The second-order valence-electron chi connectivity index (χ2n) is 8.07. The predicted molar refractivity (Wildman–Crippen MR) is 104 cm³/mol. The third kappa shape index (κ3) is 5.83. The van der Waals surface area contributed by atoms with Gasteiger partial charge in [0.2, 0.25) is 5.89 Å². The number of benzene rings is 1. The fourth-order valence-electron chi connectivity index (χ4n) is 4.26. The number of halogens is 4. The fraction of sp³-hybridized carbons (Fsp3) is 0.550. The summed E-state index contributed by atoms with van der Waals surface area (Å²) in [7, 11) is 0. The Kier molecular flexibility index (Phi) is 6.47. The summed E-state index contributed by atoms with van der Waals surface area (Å²) in [5, 5.41) is 11.2. The number of nitrogens with one attached hydrogen (secondary N) is 1. The standard InChI is InChI=1S/C20H21ClF3N3O5/c21-13-1-3-15(4-2-13)30-11-16(28)25-14-9-19(10-14)7-12(8-19)17-26-27-18(32-17)29-5-6-31-20(22,23)24/h1-4,12,14H,5-11H2,(H,25,28). The molecular weight excluding hydrogens is 455 g/mol. The van der Waals surface area contributed by atoms with Crippen LogP contribution >= 0.6 is 11.6 Å². The second-order valence-corrected chi connectivity index (χ2v) is 8.51. The number of nitrogens with zero attached hydrogens (tertiary/aromatic N) is 2. The van der Waals surface area contributed by atoms with Crippen molar-refractivity contribution in [2.75, 3.05) is 19.8 Å². The highest BCUT2D eigenvalue weighted by Gasteiger charge is 2.54. The molecule has 2 aliphatic rings. The minimum Gasteiger partial charge on any atom is -0.484 e. The minimum atomic E-state index is -4.70. The van der Waals surface area contributed by atoms with Crippen molar-refractivity contribution in [2.45, 2.75) is 44.0 Å². The molecule has 0 unspecified atom stereocenters. The summed E-state index contributed by atoms with van der Waals surface area (Å²) < 4.78 is 55.1.